The molecule has 2 nitrogen and oxygen atoms in total. The third-order valence-corrected chi connectivity index (χ3v) is 4.05. The first-order chi connectivity index (χ1) is 7.36. The molecule has 1 saturated carbocycles. The molecule has 0 unspecified atom stereocenters. The molecule has 0 aromatic carbocycles. The molecule has 1 aliphatic carbocycles. The highest BCUT2D eigenvalue weighted by Gasteiger charge is 2.21. The number of rotatable bonds is 4. The summed E-state index contributed by atoms with van der Waals surface area (Å²) in [6.07, 6.45) is 10.2. The summed E-state index contributed by atoms with van der Waals surface area (Å²) in [5.74, 6) is 0.917. The zero-order valence-electron chi connectivity index (χ0n) is 10.0. The monoisotopic (exact) mass is 211 g/mol. The van der Waals surface area contributed by atoms with Crippen LogP contribution in [0.2, 0.25) is 0 Å². The van der Waals surface area contributed by atoms with E-state index in [9.17, 15) is 0 Å². The van der Waals surface area contributed by atoms with Gasteiger partial charge in [0.1, 0.15) is 0 Å². The van der Waals surface area contributed by atoms with E-state index in [1.165, 1.54) is 44.9 Å². The van der Waals surface area contributed by atoms with Crippen LogP contribution < -0.4 is 5.32 Å². The molecule has 1 heterocycles. The summed E-state index contributed by atoms with van der Waals surface area (Å²) in [5.41, 5.74) is 0. The quantitative estimate of drug-likeness (QED) is 0.772. The molecule has 2 fully saturated rings. The first-order valence-electron chi connectivity index (χ1n) is 6.71. The Kier molecular flexibility index (Phi) is 4.45. The number of hydrogen-bond donors (Lipinski definition) is 1. The van der Waals surface area contributed by atoms with E-state index in [-0.39, 0.29) is 0 Å². The molecule has 2 rings (SSSR count). The Morgan fingerprint density at radius 1 is 1.13 bits per heavy atom. The van der Waals surface area contributed by atoms with Crippen LogP contribution in [0.1, 0.15) is 51.9 Å². The van der Waals surface area contributed by atoms with Crippen LogP contribution in [0.15, 0.2) is 0 Å². The van der Waals surface area contributed by atoms with Gasteiger partial charge in [-0.25, -0.2) is 0 Å². The van der Waals surface area contributed by atoms with Crippen molar-refractivity contribution in [1.82, 2.24) is 5.32 Å². The summed E-state index contributed by atoms with van der Waals surface area (Å²) in [4.78, 5) is 0. The molecular formula is C13H25NO. The minimum atomic E-state index is 0.496. The average molecular weight is 211 g/mol. The second kappa shape index (κ2) is 5.86. The maximum Gasteiger partial charge on any atom is 0.0700 e. The highest BCUT2D eigenvalue weighted by atomic mass is 16.5. The molecule has 0 aromatic heterocycles. The van der Waals surface area contributed by atoms with Crippen LogP contribution in [-0.2, 0) is 4.74 Å². The summed E-state index contributed by atoms with van der Waals surface area (Å²) in [5, 5.41) is 3.67. The van der Waals surface area contributed by atoms with Crippen LogP contribution in [0.5, 0.6) is 0 Å². The maximum atomic E-state index is 5.63. The third-order valence-electron chi connectivity index (χ3n) is 4.05. The standard InChI is InChI=1S/C13H25NO/c1-11(12-6-3-2-4-7-12)14-10-13-8-5-9-15-13/h11-14H,2-10H2,1H3/t11-,13-/m0/s1. The van der Waals surface area contributed by atoms with Crippen molar-refractivity contribution in [2.24, 2.45) is 5.92 Å². The topological polar surface area (TPSA) is 21.3 Å². The van der Waals surface area contributed by atoms with Crippen molar-refractivity contribution in [3.63, 3.8) is 0 Å². The van der Waals surface area contributed by atoms with E-state index >= 15 is 0 Å². The summed E-state index contributed by atoms with van der Waals surface area (Å²) in [6.45, 7) is 4.40. The lowest BCUT2D eigenvalue weighted by Gasteiger charge is -2.29. The number of hydrogen-bond acceptors (Lipinski definition) is 2. The smallest absolute Gasteiger partial charge is 0.0700 e. The highest BCUT2D eigenvalue weighted by molar-refractivity contribution is 4.78. The van der Waals surface area contributed by atoms with E-state index in [1.54, 1.807) is 0 Å². The molecule has 0 amide bonds. The molecule has 15 heavy (non-hydrogen) atoms. The molecule has 1 aliphatic heterocycles. The Hall–Kier alpha value is -0.0800. The molecule has 2 atom stereocenters. The van der Waals surface area contributed by atoms with Crippen LogP contribution in [-0.4, -0.2) is 25.3 Å². The van der Waals surface area contributed by atoms with Crippen molar-refractivity contribution in [3.8, 4) is 0 Å². The Balaban J connectivity index is 1.64. The van der Waals surface area contributed by atoms with Crippen molar-refractivity contribution in [1.29, 1.82) is 0 Å². The Morgan fingerprint density at radius 3 is 2.60 bits per heavy atom. The van der Waals surface area contributed by atoms with Gasteiger partial charge in [0.2, 0.25) is 0 Å². The minimum absolute atomic E-state index is 0.496. The first-order valence-corrected chi connectivity index (χ1v) is 6.71. The average Bonchev–Trinajstić information content (AvgIpc) is 2.80. The van der Waals surface area contributed by atoms with E-state index in [1.807, 2.05) is 0 Å². The van der Waals surface area contributed by atoms with E-state index in [0.717, 1.165) is 19.1 Å². The Morgan fingerprint density at radius 2 is 1.93 bits per heavy atom. The summed E-state index contributed by atoms with van der Waals surface area (Å²) in [7, 11) is 0. The van der Waals surface area contributed by atoms with Crippen molar-refractivity contribution in [2.75, 3.05) is 13.2 Å². The molecule has 1 saturated heterocycles. The fraction of sp³-hybridized carbons (Fsp3) is 1.00. The lowest BCUT2D eigenvalue weighted by atomic mass is 9.84. The van der Waals surface area contributed by atoms with Gasteiger partial charge in [-0.05, 0) is 38.5 Å². The molecule has 0 aromatic rings. The molecular weight excluding hydrogens is 186 g/mol. The summed E-state index contributed by atoms with van der Waals surface area (Å²) in [6, 6.07) is 0.689. The number of ether oxygens (including phenoxy) is 1. The van der Waals surface area contributed by atoms with Gasteiger partial charge in [-0.3, -0.25) is 0 Å². The Bertz CT molecular complexity index is 171. The van der Waals surface area contributed by atoms with Crippen LogP contribution in [0.4, 0.5) is 0 Å². The van der Waals surface area contributed by atoms with E-state index in [2.05, 4.69) is 12.2 Å². The van der Waals surface area contributed by atoms with Crippen LogP contribution >= 0.6 is 0 Å². The molecule has 88 valence electrons. The normalized spacial score (nSPS) is 30.6. The first kappa shape index (κ1) is 11.4. The molecule has 1 N–H and O–H groups in total. The zero-order valence-corrected chi connectivity index (χ0v) is 10.0. The second-order valence-electron chi connectivity index (χ2n) is 5.23. The van der Waals surface area contributed by atoms with E-state index in [4.69, 9.17) is 4.74 Å². The van der Waals surface area contributed by atoms with Crippen LogP contribution in [0.25, 0.3) is 0 Å². The van der Waals surface area contributed by atoms with Gasteiger partial charge in [0.25, 0.3) is 0 Å². The van der Waals surface area contributed by atoms with Gasteiger partial charge >= 0.3 is 0 Å². The van der Waals surface area contributed by atoms with Gasteiger partial charge in [-0.15, -0.1) is 0 Å². The van der Waals surface area contributed by atoms with Gasteiger partial charge in [0.15, 0.2) is 0 Å². The fourth-order valence-electron chi connectivity index (χ4n) is 2.92. The van der Waals surface area contributed by atoms with E-state index < -0.39 is 0 Å². The van der Waals surface area contributed by atoms with Gasteiger partial charge < -0.3 is 10.1 Å². The molecule has 2 aliphatic rings. The maximum absolute atomic E-state index is 5.63. The van der Waals surface area contributed by atoms with Crippen molar-refractivity contribution >= 4 is 0 Å². The van der Waals surface area contributed by atoms with Crippen molar-refractivity contribution in [2.45, 2.75) is 64.0 Å². The van der Waals surface area contributed by atoms with Crippen LogP contribution in [0, 0.1) is 5.92 Å². The molecule has 0 radical (unpaired) electrons. The van der Waals surface area contributed by atoms with Crippen molar-refractivity contribution < 1.29 is 4.74 Å². The number of nitrogens with one attached hydrogen (secondary N) is 1. The van der Waals surface area contributed by atoms with Crippen molar-refractivity contribution in [3.05, 3.63) is 0 Å². The zero-order chi connectivity index (χ0) is 10.5. The molecule has 0 spiro atoms. The van der Waals surface area contributed by atoms with Gasteiger partial charge in [0.05, 0.1) is 6.10 Å². The van der Waals surface area contributed by atoms with Gasteiger partial charge in [0, 0.05) is 19.2 Å². The van der Waals surface area contributed by atoms with Crippen LogP contribution in [0.3, 0.4) is 0 Å². The lowest BCUT2D eigenvalue weighted by Crippen LogP contribution is -2.39. The third kappa shape index (κ3) is 3.46. The largest absolute Gasteiger partial charge is 0.377 e. The Labute approximate surface area is 93.8 Å². The van der Waals surface area contributed by atoms with E-state index in [0.29, 0.717) is 12.1 Å². The SMILES string of the molecule is C[C@H](NC[C@@H]1CCCO1)C1CCCCC1. The minimum Gasteiger partial charge on any atom is -0.377 e. The predicted molar refractivity (Wildman–Crippen MR) is 63.0 cm³/mol. The second-order valence-corrected chi connectivity index (χ2v) is 5.23. The molecule has 2 heteroatoms. The summed E-state index contributed by atoms with van der Waals surface area (Å²) < 4.78 is 5.63. The lowest BCUT2D eigenvalue weighted by molar-refractivity contribution is 0.104. The highest BCUT2D eigenvalue weighted by Crippen LogP contribution is 2.26. The summed E-state index contributed by atoms with van der Waals surface area (Å²) >= 11 is 0. The van der Waals surface area contributed by atoms with Gasteiger partial charge in [-0.1, -0.05) is 19.3 Å². The van der Waals surface area contributed by atoms with Gasteiger partial charge in [-0.2, -0.15) is 0 Å². The molecule has 0 bridgehead atoms. The predicted octanol–water partition coefficient (Wildman–Crippen LogP) is 2.72. The fourth-order valence-corrected chi connectivity index (χ4v) is 2.92.